The van der Waals surface area contributed by atoms with Crippen LogP contribution < -0.4 is 0 Å². The van der Waals surface area contributed by atoms with E-state index in [1.54, 1.807) is 6.08 Å². The molecule has 2 aliphatic rings. The summed E-state index contributed by atoms with van der Waals surface area (Å²) in [4.78, 5) is 0. The molecule has 6 nitrogen and oxygen atoms in total. The van der Waals surface area contributed by atoms with E-state index in [0.717, 1.165) is 11.1 Å². The van der Waals surface area contributed by atoms with E-state index >= 15 is 0 Å². The minimum absolute atomic E-state index is 0.0395. The minimum atomic E-state index is -1.33. The topological polar surface area (TPSA) is 66.4 Å². The SMILES string of the molecule is C=CC[C@]1(OCc2ccccc2)[C@H]2OC(C)(C)O[C@H]2O[C@@]1(COCc1ccccc1)[C@H](O)C=C. The summed E-state index contributed by atoms with van der Waals surface area (Å²) >= 11 is 0. The van der Waals surface area contributed by atoms with E-state index in [2.05, 4.69) is 13.2 Å². The van der Waals surface area contributed by atoms with Crippen molar-refractivity contribution in [1.82, 2.24) is 0 Å². The maximum atomic E-state index is 11.3. The monoisotopic (exact) mass is 466 g/mol. The Labute approximate surface area is 201 Å². The summed E-state index contributed by atoms with van der Waals surface area (Å²) < 4.78 is 31.7. The van der Waals surface area contributed by atoms with Gasteiger partial charge in [0.2, 0.25) is 0 Å². The Hall–Kier alpha value is -2.32. The van der Waals surface area contributed by atoms with Gasteiger partial charge in [0, 0.05) is 0 Å². The number of rotatable bonds is 11. The largest absolute Gasteiger partial charge is 0.386 e. The van der Waals surface area contributed by atoms with Gasteiger partial charge < -0.3 is 28.8 Å². The molecule has 0 saturated carbocycles. The van der Waals surface area contributed by atoms with Crippen LogP contribution in [0.25, 0.3) is 0 Å². The van der Waals surface area contributed by atoms with Crippen LogP contribution in [0.1, 0.15) is 31.4 Å². The third-order valence-corrected chi connectivity index (χ3v) is 6.48. The molecule has 1 N–H and O–H groups in total. The first-order valence-corrected chi connectivity index (χ1v) is 11.6. The van der Waals surface area contributed by atoms with Crippen LogP contribution in [-0.2, 0) is 36.9 Å². The van der Waals surface area contributed by atoms with Crippen molar-refractivity contribution in [3.63, 3.8) is 0 Å². The zero-order valence-electron chi connectivity index (χ0n) is 19.9. The van der Waals surface area contributed by atoms with Crippen molar-refractivity contribution in [1.29, 1.82) is 0 Å². The van der Waals surface area contributed by atoms with Crippen molar-refractivity contribution >= 4 is 0 Å². The zero-order valence-corrected chi connectivity index (χ0v) is 19.9. The highest BCUT2D eigenvalue weighted by molar-refractivity contribution is 5.23. The molecule has 182 valence electrons. The van der Waals surface area contributed by atoms with Crippen LogP contribution in [0.2, 0.25) is 0 Å². The van der Waals surface area contributed by atoms with Crippen molar-refractivity contribution in [2.45, 2.75) is 69.0 Å². The Kier molecular flexibility index (Phi) is 7.38. The first kappa shape index (κ1) is 24.8. The maximum absolute atomic E-state index is 11.3. The lowest BCUT2D eigenvalue weighted by molar-refractivity contribution is -0.295. The summed E-state index contributed by atoms with van der Waals surface area (Å²) in [6.07, 6.45) is 1.08. The summed E-state index contributed by atoms with van der Waals surface area (Å²) in [6, 6.07) is 19.7. The molecule has 2 aliphatic heterocycles. The lowest BCUT2D eigenvalue weighted by Crippen LogP contribution is -2.66. The molecular weight excluding hydrogens is 432 g/mol. The smallest absolute Gasteiger partial charge is 0.191 e. The number of fused-ring (bicyclic) bond motifs is 1. The van der Waals surface area contributed by atoms with Crippen LogP contribution in [-0.4, -0.2) is 47.2 Å². The summed E-state index contributed by atoms with van der Waals surface area (Å²) in [5, 5.41) is 11.3. The number of ether oxygens (including phenoxy) is 5. The fraction of sp³-hybridized carbons (Fsp3) is 0.429. The van der Waals surface area contributed by atoms with Crippen molar-refractivity contribution in [3.05, 3.63) is 97.1 Å². The number of aliphatic hydroxyl groups excluding tert-OH is 1. The molecule has 0 bridgehead atoms. The first-order valence-electron chi connectivity index (χ1n) is 11.6. The van der Waals surface area contributed by atoms with Crippen LogP contribution in [0, 0.1) is 0 Å². The Balaban J connectivity index is 1.70. The lowest BCUT2D eigenvalue weighted by Gasteiger charge is -2.47. The summed E-state index contributed by atoms with van der Waals surface area (Å²) in [5.41, 5.74) is -0.483. The van der Waals surface area contributed by atoms with E-state index in [9.17, 15) is 5.11 Å². The van der Waals surface area contributed by atoms with Gasteiger partial charge in [-0.1, -0.05) is 72.8 Å². The van der Waals surface area contributed by atoms with Gasteiger partial charge in [-0.3, -0.25) is 0 Å². The Morgan fingerprint density at radius 1 is 0.941 bits per heavy atom. The van der Waals surface area contributed by atoms with Gasteiger partial charge in [0.25, 0.3) is 0 Å². The van der Waals surface area contributed by atoms with E-state index in [4.69, 9.17) is 23.7 Å². The molecule has 5 atom stereocenters. The number of hydrogen-bond donors (Lipinski definition) is 1. The van der Waals surface area contributed by atoms with E-state index < -0.39 is 35.5 Å². The molecule has 0 amide bonds. The normalized spacial score (nSPS) is 30.6. The molecule has 0 spiro atoms. The molecule has 2 aromatic rings. The summed E-state index contributed by atoms with van der Waals surface area (Å²) in [6.45, 7) is 12.2. The second kappa shape index (κ2) is 10.1. The molecule has 0 aromatic heterocycles. The quantitative estimate of drug-likeness (QED) is 0.491. The fourth-order valence-corrected chi connectivity index (χ4v) is 4.88. The highest BCUT2D eigenvalue weighted by Crippen LogP contribution is 2.54. The van der Waals surface area contributed by atoms with E-state index in [1.807, 2.05) is 74.5 Å². The highest BCUT2D eigenvalue weighted by Gasteiger charge is 2.73. The second-order valence-electron chi connectivity index (χ2n) is 9.25. The van der Waals surface area contributed by atoms with E-state index in [1.165, 1.54) is 6.08 Å². The maximum Gasteiger partial charge on any atom is 0.191 e. The molecule has 0 radical (unpaired) electrons. The van der Waals surface area contributed by atoms with Gasteiger partial charge in [-0.25, -0.2) is 0 Å². The average Bonchev–Trinajstić information content (AvgIpc) is 3.27. The van der Waals surface area contributed by atoms with Crippen LogP contribution in [0.3, 0.4) is 0 Å². The molecule has 2 aromatic carbocycles. The third kappa shape index (κ3) is 4.62. The summed E-state index contributed by atoms with van der Waals surface area (Å²) in [7, 11) is 0. The van der Waals surface area contributed by atoms with Crippen molar-refractivity contribution < 1.29 is 28.8 Å². The van der Waals surface area contributed by atoms with Gasteiger partial charge in [0.15, 0.2) is 17.7 Å². The molecule has 0 aliphatic carbocycles. The minimum Gasteiger partial charge on any atom is -0.386 e. The zero-order chi connectivity index (χ0) is 24.2. The van der Waals surface area contributed by atoms with E-state index in [-0.39, 0.29) is 13.2 Å². The van der Waals surface area contributed by atoms with Crippen molar-refractivity contribution in [2.75, 3.05) is 6.61 Å². The van der Waals surface area contributed by atoms with Gasteiger partial charge in [-0.2, -0.15) is 0 Å². The van der Waals surface area contributed by atoms with Gasteiger partial charge in [0.1, 0.15) is 17.8 Å². The highest BCUT2D eigenvalue weighted by atomic mass is 16.9. The van der Waals surface area contributed by atoms with Gasteiger partial charge in [0.05, 0.1) is 19.8 Å². The predicted molar refractivity (Wildman–Crippen MR) is 129 cm³/mol. The molecule has 4 rings (SSSR count). The van der Waals surface area contributed by atoms with Gasteiger partial charge in [-0.15, -0.1) is 13.2 Å². The van der Waals surface area contributed by atoms with E-state index in [0.29, 0.717) is 13.0 Å². The fourth-order valence-electron chi connectivity index (χ4n) is 4.88. The van der Waals surface area contributed by atoms with Gasteiger partial charge >= 0.3 is 0 Å². The molecule has 34 heavy (non-hydrogen) atoms. The van der Waals surface area contributed by atoms with Gasteiger partial charge in [-0.05, 0) is 31.4 Å². The summed E-state index contributed by atoms with van der Waals surface area (Å²) in [5.74, 6) is -0.867. The van der Waals surface area contributed by atoms with Crippen LogP contribution in [0.15, 0.2) is 86.0 Å². The Morgan fingerprint density at radius 3 is 2.15 bits per heavy atom. The number of aliphatic hydroxyl groups is 1. The Bertz CT molecular complexity index is 961. The van der Waals surface area contributed by atoms with Crippen molar-refractivity contribution in [2.24, 2.45) is 0 Å². The average molecular weight is 467 g/mol. The molecular formula is C28H34O6. The standard InChI is InChI=1S/C28H34O6/c1-5-17-27(31-19-22-15-11-8-12-16-22)24-25(33-26(3,4)32-24)34-28(27,23(29)6-2)20-30-18-21-13-9-7-10-14-21/h5-16,23-25,29H,1-2,17-20H2,3-4H3/t23-,24+,25+,27+,28+/m1/s1. The predicted octanol–water partition coefficient (Wildman–Crippen LogP) is 4.53. The third-order valence-electron chi connectivity index (χ3n) is 6.48. The van der Waals surface area contributed by atoms with Crippen molar-refractivity contribution in [3.8, 4) is 0 Å². The number of hydrogen-bond acceptors (Lipinski definition) is 6. The lowest BCUT2D eigenvalue weighted by atomic mass is 9.74. The number of benzene rings is 2. The second-order valence-corrected chi connectivity index (χ2v) is 9.25. The van der Waals surface area contributed by atoms with Crippen LogP contribution in [0.5, 0.6) is 0 Å². The molecule has 6 heteroatoms. The molecule has 2 heterocycles. The van der Waals surface area contributed by atoms with Crippen LogP contribution in [0.4, 0.5) is 0 Å². The molecule has 2 fully saturated rings. The first-order chi connectivity index (χ1) is 16.4. The Morgan fingerprint density at radius 2 is 1.56 bits per heavy atom. The molecule has 2 saturated heterocycles. The van der Waals surface area contributed by atoms with Crippen LogP contribution >= 0.6 is 0 Å². The molecule has 0 unspecified atom stereocenters.